The van der Waals surface area contributed by atoms with Gasteiger partial charge in [0.1, 0.15) is 5.76 Å². The highest BCUT2D eigenvalue weighted by atomic mass is 35.5. The van der Waals surface area contributed by atoms with Crippen LogP contribution >= 0.6 is 36.4 Å². The van der Waals surface area contributed by atoms with Crippen molar-refractivity contribution in [2.24, 2.45) is 0 Å². The van der Waals surface area contributed by atoms with Crippen LogP contribution in [0.3, 0.4) is 0 Å². The minimum Gasteiger partial charge on any atom is -0.444 e. The summed E-state index contributed by atoms with van der Waals surface area (Å²) in [5.41, 5.74) is 1.15. The molecule has 1 fully saturated rings. The number of hydrogen-bond acceptors (Lipinski definition) is 3. The number of hydrogen-bond donors (Lipinski definition) is 1. The van der Waals surface area contributed by atoms with Gasteiger partial charge in [0.2, 0.25) is 5.89 Å². The zero-order chi connectivity index (χ0) is 13.1. The molecule has 3 nitrogen and oxygen atoms in total. The standard InChI is InChI=1S/C15H17ClN2O.2ClH/c16-12-5-3-4-11(8-12)9-13-10-18-15(19-13)14-6-1-2-7-17-14;;/h3-5,8,10,14,17H,1-2,6-7,9H2;2*1H. The second kappa shape index (κ2) is 8.64. The Balaban J connectivity index is 0.00000110. The molecule has 21 heavy (non-hydrogen) atoms. The van der Waals surface area contributed by atoms with Gasteiger partial charge in [-0.2, -0.15) is 0 Å². The van der Waals surface area contributed by atoms with Gasteiger partial charge >= 0.3 is 0 Å². The Morgan fingerprint density at radius 2 is 2.14 bits per heavy atom. The van der Waals surface area contributed by atoms with Crippen LogP contribution in [0.15, 0.2) is 34.9 Å². The fourth-order valence-corrected chi connectivity index (χ4v) is 2.69. The lowest BCUT2D eigenvalue weighted by Crippen LogP contribution is -2.26. The molecule has 0 bridgehead atoms. The highest BCUT2D eigenvalue weighted by Crippen LogP contribution is 2.23. The summed E-state index contributed by atoms with van der Waals surface area (Å²) in [6.07, 6.45) is 6.15. The lowest BCUT2D eigenvalue weighted by molar-refractivity contribution is 0.331. The average molecular weight is 350 g/mol. The lowest BCUT2D eigenvalue weighted by atomic mass is 10.1. The van der Waals surface area contributed by atoms with Gasteiger partial charge in [-0.1, -0.05) is 30.2 Å². The Morgan fingerprint density at radius 1 is 1.29 bits per heavy atom. The molecule has 0 radical (unpaired) electrons. The summed E-state index contributed by atoms with van der Waals surface area (Å²) in [6.45, 7) is 1.05. The molecular weight excluding hydrogens is 331 g/mol. The molecule has 1 atom stereocenters. The van der Waals surface area contributed by atoms with E-state index in [4.69, 9.17) is 16.0 Å². The van der Waals surface area contributed by atoms with Crippen molar-refractivity contribution in [3.05, 3.63) is 52.7 Å². The van der Waals surface area contributed by atoms with Crippen LogP contribution < -0.4 is 5.32 Å². The van der Waals surface area contributed by atoms with Crippen molar-refractivity contribution in [2.45, 2.75) is 31.7 Å². The van der Waals surface area contributed by atoms with E-state index in [9.17, 15) is 0 Å². The van der Waals surface area contributed by atoms with Crippen molar-refractivity contribution in [1.29, 1.82) is 0 Å². The van der Waals surface area contributed by atoms with Gasteiger partial charge in [-0.05, 0) is 37.1 Å². The van der Waals surface area contributed by atoms with Gasteiger partial charge in [0.15, 0.2) is 0 Å². The second-order valence-electron chi connectivity index (χ2n) is 4.97. The minimum absolute atomic E-state index is 0. The minimum atomic E-state index is 0. The van der Waals surface area contributed by atoms with Crippen molar-refractivity contribution < 1.29 is 4.42 Å². The monoisotopic (exact) mass is 348 g/mol. The molecule has 1 aromatic heterocycles. The highest BCUT2D eigenvalue weighted by molar-refractivity contribution is 6.30. The number of benzene rings is 1. The van der Waals surface area contributed by atoms with Gasteiger partial charge < -0.3 is 9.73 Å². The lowest BCUT2D eigenvalue weighted by Gasteiger charge is -2.20. The normalized spacial score (nSPS) is 17.7. The first-order valence-electron chi connectivity index (χ1n) is 6.74. The maximum absolute atomic E-state index is 5.98. The Bertz CT molecular complexity index is 553. The van der Waals surface area contributed by atoms with Gasteiger partial charge in [0.05, 0.1) is 12.2 Å². The number of oxazole rings is 1. The van der Waals surface area contributed by atoms with Gasteiger partial charge in [-0.25, -0.2) is 4.98 Å². The molecule has 1 N–H and O–H groups in total. The first-order valence-corrected chi connectivity index (χ1v) is 7.11. The summed E-state index contributed by atoms with van der Waals surface area (Å²) in [6, 6.07) is 8.12. The Kier molecular flexibility index (Phi) is 7.53. The number of aromatic nitrogens is 1. The third-order valence-corrected chi connectivity index (χ3v) is 3.68. The zero-order valence-electron chi connectivity index (χ0n) is 11.5. The predicted molar refractivity (Wildman–Crippen MR) is 89.9 cm³/mol. The van der Waals surface area contributed by atoms with Crippen LogP contribution in [0.1, 0.15) is 42.5 Å². The molecule has 1 aromatic carbocycles. The summed E-state index contributed by atoms with van der Waals surface area (Å²) in [5.74, 6) is 1.71. The molecule has 2 heterocycles. The molecule has 6 heteroatoms. The van der Waals surface area contributed by atoms with Crippen LogP contribution in [0.25, 0.3) is 0 Å². The first-order chi connectivity index (χ1) is 9.31. The Hall–Kier alpha value is -0.740. The molecule has 3 rings (SSSR count). The smallest absolute Gasteiger partial charge is 0.211 e. The van der Waals surface area contributed by atoms with E-state index in [1.807, 2.05) is 30.5 Å². The number of halogens is 3. The maximum Gasteiger partial charge on any atom is 0.211 e. The van der Waals surface area contributed by atoms with E-state index in [0.717, 1.165) is 41.6 Å². The van der Waals surface area contributed by atoms with Crippen molar-refractivity contribution in [3.8, 4) is 0 Å². The maximum atomic E-state index is 5.98. The van der Waals surface area contributed by atoms with Crippen LogP contribution in [0.2, 0.25) is 5.02 Å². The van der Waals surface area contributed by atoms with E-state index in [2.05, 4.69) is 10.3 Å². The topological polar surface area (TPSA) is 38.1 Å². The Labute approximate surface area is 142 Å². The zero-order valence-corrected chi connectivity index (χ0v) is 13.9. The Morgan fingerprint density at radius 3 is 2.86 bits per heavy atom. The largest absolute Gasteiger partial charge is 0.444 e. The van der Waals surface area contributed by atoms with Crippen LogP contribution in [0.5, 0.6) is 0 Å². The van der Waals surface area contributed by atoms with Crippen LogP contribution in [-0.2, 0) is 6.42 Å². The summed E-state index contributed by atoms with van der Waals surface area (Å²) in [4.78, 5) is 4.40. The molecule has 1 aliphatic heterocycles. The SMILES string of the molecule is Cl.Cl.Clc1cccc(Cc2cnc(C3CCCCN3)o2)c1. The van der Waals surface area contributed by atoms with Gasteiger partial charge in [0, 0.05) is 11.4 Å². The summed E-state index contributed by atoms with van der Waals surface area (Å²) in [7, 11) is 0. The third-order valence-electron chi connectivity index (χ3n) is 3.45. The summed E-state index contributed by atoms with van der Waals surface area (Å²) >= 11 is 5.98. The molecule has 1 saturated heterocycles. The molecule has 0 aliphatic carbocycles. The van der Waals surface area contributed by atoms with Crippen molar-refractivity contribution in [3.63, 3.8) is 0 Å². The molecule has 0 saturated carbocycles. The highest BCUT2D eigenvalue weighted by Gasteiger charge is 2.19. The molecule has 1 unspecified atom stereocenters. The fraction of sp³-hybridized carbons (Fsp3) is 0.400. The molecule has 1 aliphatic rings. The van der Waals surface area contributed by atoms with Crippen molar-refractivity contribution >= 4 is 36.4 Å². The summed E-state index contributed by atoms with van der Waals surface area (Å²) < 4.78 is 5.85. The molecular formula is C15H19Cl3N2O. The number of nitrogens with one attached hydrogen (secondary N) is 1. The van der Waals surface area contributed by atoms with E-state index in [-0.39, 0.29) is 30.9 Å². The fourth-order valence-electron chi connectivity index (χ4n) is 2.48. The van der Waals surface area contributed by atoms with Crippen LogP contribution in [0.4, 0.5) is 0 Å². The van der Waals surface area contributed by atoms with Crippen LogP contribution in [-0.4, -0.2) is 11.5 Å². The number of rotatable bonds is 3. The number of piperidine rings is 1. The van der Waals surface area contributed by atoms with Gasteiger partial charge in [0.25, 0.3) is 0 Å². The van der Waals surface area contributed by atoms with Gasteiger partial charge in [-0.3, -0.25) is 0 Å². The van der Waals surface area contributed by atoms with Crippen LogP contribution in [0, 0.1) is 0 Å². The van der Waals surface area contributed by atoms with Crippen molar-refractivity contribution in [2.75, 3.05) is 6.54 Å². The molecule has 2 aromatic rings. The van der Waals surface area contributed by atoms with Crippen molar-refractivity contribution in [1.82, 2.24) is 10.3 Å². The molecule has 0 spiro atoms. The quantitative estimate of drug-likeness (QED) is 0.881. The first kappa shape index (κ1) is 18.3. The van der Waals surface area contributed by atoms with E-state index < -0.39 is 0 Å². The van der Waals surface area contributed by atoms with E-state index >= 15 is 0 Å². The predicted octanol–water partition coefficient (Wildman–Crippen LogP) is 4.58. The molecule has 0 amide bonds. The molecule has 116 valence electrons. The average Bonchev–Trinajstić information content (AvgIpc) is 2.88. The second-order valence-corrected chi connectivity index (χ2v) is 5.41. The van der Waals surface area contributed by atoms with E-state index in [0.29, 0.717) is 0 Å². The van der Waals surface area contributed by atoms with E-state index in [1.54, 1.807) is 0 Å². The number of nitrogens with zero attached hydrogens (tertiary/aromatic N) is 1. The van der Waals surface area contributed by atoms with Gasteiger partial charge in [-0.15, -0.1) is 24.8 Å². The third kappa shape index (κ3) is 4.89. The summed E-state index contributed by atoms with van der Waals surface area (Å²) in [5, 5.41) is 4.20. The van der Waals surface area contributed by atoms with E-state index in [1.165, 1.54) is 12.8 Å².